The number of anilines is 2. The molecule has 0 aliphatic carbocycles. The number of fused-ring (bicyclic) bond motifs is 2. The Morgan fingerprint density at radius 1 is 0.818 bits per heavy atom. The van der Waals surface area contributed by atoms with Crippen molar-refractivity contribution in [2.45, 2.75) is 108 Å². The molecular formula is C57H72N10O10. The van der Waals surface area contributed by atoms with Crippen LogP contribution >= 0.6 is 0 Å². The zero-order chi connectivity index (χ0) is 53.8. The molecule has 20 nitrogen and oxygen atoms in total. The zero-order valence-electron chi connectivity index (χ0n) is 43.7. The minimum atomic E-state index is -0.773. The highest BCUT2D eigenvalue weighted by atomic mass is 16.5. The van der Waals surface area contributed by atoms with Crippen molar-refractivity contribution in [3.63, 3.8) is 0 Å². The molecule has 0 bridgehead atoms. The molecule has 0 spiro atoms. The minimum absolute atomic E-state index is 0.134. The van der Waals surface area contributed by atoms with Crippen LogP contribution in [0.5, 0.6) is 11.5 Å². The van der Waals surface area contributed by atoms with Gasteiger partial charge in [-0.25, -0.2) is 4.99 Å². The van der Waals surface area contributed by atoms with Crippen molar-refractivity contribution in [1.29, 1.82) is 5.41 Å². The molecule has 3 aromatic carbocycles. The van der Waals surface area contributed by atoms with Crippen LogP contribution in [-0.2, 0) is 35.1 Å². The van der Waals surface area contributed by atoms with Gasteiger partial charge in [0.15, 0.2) is 0 Å². The molecule has 5 amide bonds. The molecule has 8 rings (SSSR count). The number of unbranched alkanes of at least 4 members (excludes halogenated alkanes) is 5. The number of hydrogen-bond acceptors (Lipinski definition) is 14. The lowest BCUT2D eigenvalue weighted by Crippen LogP contribution is -2.53. The summed E-state index contributed by atoms with van der Waals surface area (Å²) in [6, 6.07) is 20.8. The molecule has 4 aliphatic heterocycles. The van der Waals surface area contributed by atoms with Crippen LogP contribution in [0.25, 0.3) is 0 Å². The molecule has 4 aromatic rings. The van der Waals surface area contributed by atoms with Crippen LogP contribution in [0.15, 0.2) is 90.2 Å². The van der Waals surface area contributed by atoms with Crippen LogP contribution in [0.2, 0.25) is 0 Å². The number of amides is 5. The van der Waals surface area contributed by atoms with E-state index < -0.39 is 17.5 Å². The fraction of sp³-hybridized carbons (Fsp3) is 0.474. The summed E-state index contributed by atoms with van der Waals surface area (Å²) >= 11 is 0. The summed E-state index contributed by atoms with van der Waals surface area (Å²) in [5, 5.41) is 24.4. The third-order valence-electron chi connectivity index (χ3n) is 14.2. The minimum Gasteiger partial charge on any atom is -0.494 e. The molecule has 8 N–H and O–H groups in total. The van der Waals surface area contributed by atoms with E-state index in [1.807, 2.05) is 36.4 Å². The maximum Gasteiger partial charge on any atom is 0.255 e. The van der Waals surface area contributed by atoms with E-state index in [4.69, 9.17) is 34.8 Å². The SMILES string of the molecule is N=C(N=C(N)c1ccncc1)C1(Nc2cccc(C(=O)N[C@H]3CCOc4ccc(OCCCCCCOCCOCCOCCCCCC(=O)Nc5cccc6c5CN(C5CCC(=O)NC5=O)C6=O)cc43)c2)CCNCC1. The van der Waals surface area contributed by atoms with E-state index in [0.29, 0.717) is 132 Å². The van der Waals surface area contributed by atoms with E-state index in [-0.39, 0.29) is 60.7 Å². The number of nitrogens with zero attached hydrogens (tertiary/aromatic N) is 3. The fourth-order valence-corrected chi connectivity index (χ4v) is 9.93. The van der Waals surface area contributed by atoms with Gasteiger partial charge in [0.25, 0.3) is 11.8 Å². The number of pyridine rings is 1. The molecule has 410 valence electrons. The molecule has 77 heavy (non-hydrogen) atoms. The van der Waals surface area contributed by atoms with Crippen LogP contribution in [0.1, 0.15) is 127 Å². The van der Waals surface area contributed by atoms with Gasteiger partial charge in [0.2, 0.25) is 17.7 Å². The van der Waals surface area contributed by atoms with Gasteiger partial charge in [0.1, 0.15) is 29.2 Å². The van der Waals surface area contributed by atoms with Crippen LogP contribution in [0.4, 0.5) is 11.4 Å². The number of aliphatic imine (C=N–C) groups is 1. The summed E-state index contributed by atoms with van der Waals surface area (Å²) < 4.78 is 29.2. The Bertz CT molecular complexity index is 2720. The van der Waals surface area contributed by atoms with Crippen LogP contribution < -0.4 is 41.8 Å². The first-order valence-corrected chi connectivity index (χ1v) is 27.0. The predicted molar refractivity (Wildman–Crippen MR) is 290 cm³/mol. The van der Waals surface area contributed by atoms with Crippen molar-refractivity contribution in [2.75, 3.05) is 76.6 Å². The van der Waals surface area contributed by atoms with Crippen LogP contribution in [0.3, 0.4) is 0 Å². The second kappa shape index (κ2) is 28.2. The molecule has 2 saturated heterocycles. The number of carbonyl (C=O) groups excluding carboxylic acids is 5. The first-order chi connectivity index (χ1) is 37.6. The predicted octanol–water partition coefficient (Wildman–Crippen LogP) is 6.20. The van der Waals surface area contributed by atoms with Gasteiger partial charge < -0.3 is 55.6 Å². The van der Waals surface area contributed by atoms with Gasteiger partial charge in [0.05, 0.1) is 51.2 Å². The smallest absolute Gasteiger partial charge is 0.255 e. The number of hydrogen-bond donors (Lipinski definition) is 7. The fourth-order valence-electron chi connectivity index (χ4n) is 9.93. The van der Waals surface area contributed by atoms with Gasteiger partial charge in [-0.1, -0.05) is 25.0 Å². The topological polar surface area (TPSA) is 270 Å². The highest BCUT2D eigenvalue weighted by Gasteiger charge is 2.40. The number of aromatic nitrogens is 1. The quantitative estimate of drug-likeness (QED) is 0.0145. The van der Waals surface area contributed by atoms with Crippen molar-refractivity contribution in [1.82, 2.24) is 25.8 Å². The summed E-state index contributed by atoms with van der Waals surface area (Å²) in [6.07, 6.45) is 12.1. The Kier molecular flexibility index (Phi) is 20.5. The molecule has 5 heterocycles. The van der Waals surface area contributed by atoms with Crippen molar-refractivity contribution in [3.8, 4) is 11.5 Å². The lowest BCUT2D eigenvalue weighted by Gasteiger charge is -2.38. The second-order valence-electron chi connectivity index (χ2n) is 19.7. The zero-order valence-corrected chi connectivity index (χ0v) is 43.7. The number of piperidine rings is 2. The number of benzene rings is 3. The van der Waals surface area contributed by atoms with E-state index in [0.717, 1.165) is 55.6 Å². The van der Waals surface area contributed by atoms with Crippen LogP contribution in [-0.4, -0.2) is 129 Å². The Morgan fingerprint density at radius 3 is 2.29 bits per heavy atom. The van der Waals surface area contributed by atoms with Gasteiger partial charge in [-0.05, 0) is 125 Å². The molecular weight excluding hydrogens is 985 g/mol. The first-order valence-electron chi connectivity index (χ1n) is 27.0. The lowest BCUT2D eigenvalue weighted by molar-refractivity contribution is -0.137. The van der Waals surface area contributed by atoms with E-state index in [1.165, 1.54) is 4.90 Å². The second-order valence-corrected chi connectivity index (χ2v) is 19.7. The summed E-state index contributed by atoms with van der Waals surface area (Å²) in [5.41, 5.74) is 10.0. The third kappa shape index (κ3) is 15.7. The highest BCUT2D eigenvalue weighted by molar-refractivity contribution is 6.08. The number of ether oxygens (including phenoxy) is 5. The number of nitrogens with two attached hydrogens (primary N) is 1. The standard InChI is InChI=1S/C57H72N10O10/c58-52(39-19-24-60-25-20-39)65-56(59)57(22-26-61-27-23-57)66-41-11-8-10-40(36-41)53(70)63-47-21-31-77-49-17-15-42(37-44(47)49)76-30-7-2-1-5-28-73-32-34-75-35-33-74-29-6-3-4-14-50(68)62-46-13-9-12-43-45(46)38-67(55(43)72)48-16-18-51(69)64-54(48)71/h8-13,15,17,19-20,24-25,36-37,47-48,61,66H,1-7,14,16,18,21-23,26-35,38H2,(H,62,68)(H,63,70)(H3,58,59,65)(H,64,69,71)/t47-,48?/m0/s1. The normalized spacial score (nSPS) is 17.9. The molecule has 1 unspecified atom stereocenters. The van der Waals surface area contributed by atoms with E-state index in [9.17, 15) is 24.0 Å². The van der Waals surface area contributed by atoms with Gasteiger partial charge in [-0.3, -0.25) is 39.7 Å². The average Bonchev–Trinajstić information content (AvgIpc) is 3.79. The molecule has 1 aromatic heterocycles. The first kappa shape index (κ1) is 56.0. The Hall–Kier alpha value is -7.26. The van der Waals surface area contributed by atoms with Crippen molar-refractivity contribution in [2.24, 2.45) is 10.7 Å². The largest absolute Gasteiger partial charge is 0.494 e. The summed E-state index contributed by atoms with van der Waals surface area (Å²) in [4.78, 5) is 73.6. The molecule has 2 atom stereocenters. The van der Waals surface area contributed by atoms with Crippen LogP contribution in [0, 0.1) is 5.41 Å². The summed E-state index contributed by atoms with van der Waals surface area (Å²) in [7, 11) is 0. The van der Waals surface area contributed by atoms with E-state index in [2.05, 4.69) is 36.6 Å². The van der Waals surface area contributed by atoms with Gasteiger partial charge in [-0.15, -0.1) is 0 Å². The number of carbonyl (C=O) groups is 5. The molecule has 0 radical (unpaired) electrons. The highest BCUT2D eigenvalue weighted by Crippen LogP contribution is 2.36. The number of rotatable bonds is 28. The summed E-state index contributed by atoms with van der Waals surface area (Å²) in [6.45, 7) is 5.87. The van der Waals surface area contributed by atoms with Crippen molar-refractivity contribution < 1.29 is 47.7 Å². The molecule has 0 saturated carbocycles. The van der Waals surface area contributed by atoms with Crippen molar-refractivity contribution in [3.05, 3.63) is 113 Å². The molecule has 2 fully saturated rings. The maximum atomic E-state index is 13.8. The summed E-state index contributed by atoms with van der Waals surface area (Å²) in [5.74, 6) is 0.408. The third-order valence-corrected chi connectivity index (χ3v) is 14.2. The number of nitrogens with one attached hydrogen (secondary N) is 6. The van der Waals surface area contributed by atoms with E-state index >= 15 is 0 Å². The number of amidine groups is 2. The van der Waals surface area contributed by atoms with Gasteiger partial charge >= 0.3 is 0 Å². The Labute approximate surface area is 449 Å². The average molecular weight is 1060 g/mol. The van der Waals surface area contributed by atoms with E-state index in [1.54, 1.807) is 48.8 Å². The monoisotopic (exact) mass is 1060 g/mol. The van der Waals surface area contributed by atoms with Gasteiger partial charge in [-0.2, -0.15) is 0 Å². The molecule has 20 heteroatoms. The van der Waals surface area contributed by atoms with Crippen molar-refractivity contribution >= 4 is 52.6 Å². The Balaban J connectivity index is 0.640. The Morgan fingerprint density at radius 2 is 1.53 bits per heavy atom. The van der Waals surface area contributed by atoms with Gasteiger partial charge in [0, 0.05) is 90.6 Å². The lowest BCUT2D eigenvalue weighted by atomic mass is 9.86. The molecule has 4 aliphatic rings. The maximum absolute atomic E-state index is 13.8. The number of imide groups is 1.